The third kappa shape index (κ3) is 9.56. The first-order chi connectivity index (χ1) is 18.5. The van der Waals surface area contributed by atoms with Crippen molar-refractivity contribution in [3.8, 4) is 11.8 Å². The van der Waals surface area contributed by atoms with Crippen molar-refractivity contribution in [2.45, 2.75) is 90.9 Å². The molecule has 0 saturated heterocycles. The van der Waals surface area contributed by atoms with Crippen LogP contribution in [0.25, 0.3) is 0 Å². The van der Waals surface area contributed by atoms with Gasteiger partial charge in [0.25, 0.3) is 0 Å². The normalized spacial score (nSPS) is 22.7. The Morgan fingerprint density at radius 3 is 2.66 bits per heavy atom. The standard InChI is InChI=1S/C33H44N2O3/c1-3-4-5-6-23-34-33(38)35-24-11-12-26(2)31(35)20-10-14-27-13-7-19-30(22-21-27)29-17-8-15-28(16-9-18-29)25-32(36)37/h6-7,10,19-23,28-29H,5,8-9,11-18,24-25H2,1-2H3,(H,34,38)(H,36,37)/b20-10-,23-6+. The highest BCUT2D eigenvalue weighted by Gasteiger charge is 2.22. The molecule has 5 heteroatoms. The van der Waals surface area contributed by atoms with E-state index in [1.54, 1.807) is 6.20 Å². The molecule has 204 valence electrons. The molecular weight excluding hydrogens is 472 g/mol. The van der Waals surface area contributed by atoms with Crippen molar-refractivity contribution in [3.63, 3.8) is 0 Å². The van der Waals surface area contributed by atoms with Gasteiger partial charge in [-0.3, -0.25) is 9.69 Å². The number of carboxylic acid groups (broad SMARTS) is 1. The smallest absolute Gasteiger partial charge is 0.325 e. The van der Waals surface area contributed by atoms with Gasteiger partial charge in [-0.05, 0) is 94.3 Å². The topological polar surface area (TPSA) is 69.6 Å². The van der Waals surface area contributed by atoms with Gasteiger partial charge in [0, 0.05) is 31.3 Å². The summed E-state index contributed by atoms with van der Waals surface area (Å²) in [6.45, 7) is 4.65. The molecule has 1 heterocycles. The predicted octanol–water partition coefficient (Wildman–Crippen LogP) is 7.81. The maximum absolute atomic E-state index is 12.8. The van der Waals surface area contributed by atoms with E-state index in [0.717, 1.165) is 76.5 Å². The van der Waals surface area contributed by atoms with E-state index in [1.807, 2.05) is 17.9 Å². The largest absolute Gasteiger partial charge is 0.481 e. The highest BCUT2D eigenvalue weighted by Crippen LogP contribution is 2.33. The molecule has 5 nitrogen and oxygen atoms in total. The van der Waals surface area contributed by atoms with Gasteiger partial charge < -0.3 is 10.4 Å². The third-order valence-electron chi connectivity index (χ3n) is 7.75. The summed E-state index contributed by atoms with van der Waals surface area (Å²) in [5.74, 6) is 6.05. The van der Waals surface area contributed by atoms with Crippen LogP contribution in [0.5, 0.6) is 0 Å². The van der Waals surface area contributed by atoms with E-state index in [9.17, 15) is 9.59 Å². The molecule has 0 radical (unpaired) electrons. The molecular formula is C33H44N2O3. The number of hydrogen-bond donors (Lipinski definition) is 2. The summed E-state index contributed by atoms with van der Waals surface area (Å²) >= 11 is 0. The van der Waals surface area contributed by atoms with Crippen LogP contribution < -0.4 is 5.32 Å². The average Bonchev–Trinajstić information content (AvgIpc) is 3.11. The molecule has 2 N–H and O–H groups in total. The summed E-state index contributed by atoms with van der Waals surface area (Å²) < 4.78 is 0. The van der Waals surface area contributed by atoms with Crippen LogP contribution in [-0.4, -0.2) is 28.6 Å². The maximum atomic E-state index is 12.8. The van der Waals surface area contributed by atoms with E-state index in [2.05, 4.69) is 60.5 Å². The number of carboxylic acids is 1. The van der Waals surface area contributed by atoms with Crippen molar-refractivity contribution in [3.05, 3.63) is 71.1 Å². The molecule has 3 aliphatic rings. The van der Waals surface area contributed by atoms with Crippen LogP contribution in [0.3, 0.4) is 0 Å². The number of amides is 2. The maximum Gasteiger partial charge on any atom is 0.325 e. The Labute approximate surface area is 229 Å². The Hall–Kier alpha value is -3.26. The average molecular weight is 517 g/mol. The zero-order valence-corrected chi connectivity index (χ0v) is 23.2. The fourth-order valence-corrected chi connectivity index (χ4v) is 5.66. The molecule has 1 fully saturated rings. The summed E-state index contributed by atoms with van der Waals surface area (Å²) in [6.07, 6.45) is 28.3. The molecule has 0 unspecified atom stereocenters. The Morgan fingerprint density at radius 2 is 1.92 bits per heavy atom. The Morgan fingerprint density at radius 1 is 1.13 bits per heavy atom. The van der Waals surface area contributed by atoms with E-state index in [1.165, 1.54) is 16.7 Å². The van der Waals surface area contributed by atoms with E-state index in [-0.39, 0.29) is 6.03 Å². The second kappa shape index (κ2) is 15.9. The zero-order chi connectivity index (χ0) is 27.2. The number of nitrogens with zero attached hydrogens (tertiary/aromatic N) is 1. The highest BCUT2D eigenvalue weighted by molar-refractivity contribution is 5.78. The van der Waals surface area contributed by atoms with Crippen molar-refractivity contribution >= 4 is 12.0 Å². The molecule has 0 bridgehead atoms. The van der Waals surface area contributed by atoms with Crippen LogP contribution in [0.4, 0.5) is 4.79 Å². The first-order valence-corrected chi connectivity index (χ1v) is 14.2. The number of rotatable bonds is 8. The summed E-state index contributed by atoms with van der Waals surface area (Å²) in [4.78, 5) is 25.7. The van der Waals surface area contributed by atoms with Gasteiger partial charge in [0.15, 0.2) is 0 Å². The minimum Gasteiger partial charge on any atom is -0.481 e. The van der Waals surface area contributed by atoms with Crippen LogP contribution in [0, 0.1) is 23.7 Å². The molecule has 0 spiro atoms. The number of allylic oxidation sites excluding steroid dienone is 10. The quantitative estimate of drug-likeness (QED) is 0.323. The van der Waals surface area contributed by atoms with Gasteiger partial charge in [-0.2, -0.15) is 0 Å². The molecule has 0 aromatic rings. The summed E-state index contributed by atoms with van der Waals surface area (Å²) in [7, 11) is 0. The third-order valence-corrected chi connectivity index (χ3v) is 7.75. The van der Waals surface area contributed by atoms with Crippen molar-refractivity contribution in [1.29, 1.82) is 0 Å². The lowest BCUT2D eigenvalue weighted by molar-refractivity contribution is -0.138. The van der Waals surface area contributed by atoms with Crippen molar-refractivity contribution in [1.82, 2.24) is 10.2 Å². The van der Waals surface area contributed by atoms with Crippen LogP contribution >= 0.6 is 0 Å². The molecule has 0 aromatic carbocycles. The van der Waals surface area contributed by atoms with E-state index in [4.69, 9.17) is 5.11 Å². The van der Waals surface area contributed by atoms with Crippen LogP contribution in [0.2, 0.25) is 0 Å². The summed E-state index contributed by atoms with van der Waals surface area (Å²) in [5, 5.41) is 12.0. The van der Waals surface area contributed by atoms with E-state index in [0.29, 0.717) is 24.7 Å². The number of urea groups is 1. The number of carbonyl (C=O) groups excluding carboxylic acids is 1. The fraction of sp³-hybridized carbons (Fsp3) is 0.515. The van der Waals surface area contributed by atoms with Crippen LogP contribution in [0.1, 0.15) is 90.9 Å². The molecule has 3 rings (SSSR count). The highest BCUT2D eigenvalue weighted by atomic mass is 16.4. The molecule has 0 aromatic heterocycles. The first-order valence-electron chi connectivity index (χ1n) is 14.2. The summed E-state index contributed by atoms with van der Waals surface area (Å²) in [6, 6.07) is -0.0953. The number of aliphatic carboxylic acids is 1. The lowest BCUT2D eigenvalue weighted by Gasteiger charge is -2.29. The van der Waals surface area contributed by atoms with Crippen LogP contribution in [0.15, 0.2) is 71.1 Å². The number of nitrogens with one attached hydrogen (secondary N) is 1. The Kier molecular flexibility index (Phi) is 12.2. The van der Waals surface area contributed by atoms with Gasteiger partial charge in [0.05, 0.1) is 0 Å². The zero-order valence-electron chi connectivity index (χ0n) is 23.2. The minimum absolute atomic E-state index is 0.0953. The van der Waals surface area contributed by atoms with E-state index >= 15 is 0 Å². The van der Waals surface area contributed by atoms with Gasteiger partial charge in [-0.1, -0.05) is 60.8 Å². The summed E-state index contributed by atoms with van der Waals surface area (Å²) in [5.41, 5.74) is 5.03. The SMILES string of the molecule is CC#CC/C=C/NC(=O)N1CCCC(C)=C1/C=C\CC1=CC=C(C2CCCC(CC(=O)O)CCC2)C=CC1. The van der Waals surface area contributed by atoms with Gasteiger partial charge in [0.1, 0.15) is 0 Å². The molecule has 1 aliphatic heterocycles. The van der Waals surface area contributed by atoms with Crippen molar-refractivity contribution in [2.24, 2.45) is 11.8 Å². The second-order valence-electron chi connectivity index (χ2n) is 10.6. The van der Waals surface area contributed by atoms with Crippen molar-refractivity contribution in [2.75, 3.05) is 6.54 Å². The van der Waals surface area contributed by atoms with E-state index < -0.39 is 5.97 Å². The van der Waals surface area contributed by atoms with Gasteiger partial charge in [-0.15, -0.1) is 5.92 Å². The molecule has 1 saturated carbocycles. The Bertz CT molecular complexity index is 1070. The van der Waals surface area contributed by atoms with Crippen LogP contribution in [-0.2, 0) is 4.79 Å². The second-order valence-corrected chi connectivity index (χ2v) is 10.6. The van der Waals surface area contributed by atoms with Gasteiger partial charge >= 0.3 is 12.0 Å². The van der Waals surface area contributed by atoms with Gasteiger partial charge in [-0.25, -0.2) is 4.79 Å². The van der Waals surface area contributed by atoms with Crippen molar-refractivity contribution < 1.29 is 14.7 Å². The minimum atomic E-state index is -0.662. The lowest BCUT2D eigenvalue weighted by atomic mass is 9.81. The molecule has 2 aliphatic carbocycles. The first kappa shape index (κ1) is 29.3. The molecule has 2 amide bonds. The molecule has 38 heavy (non-hydrogen) atoms. The monoisotopic (exact) mass is 516 g/mol. The molecule has 0 atom stereocenters. The predicted molar refractivity (Wildman–Crippen MR) is 155 cm³/mol. The number of carbonyl (C=O) groups is 2. The van der Waals surface area contributed by atoms with Gasteiger partial charge in [0.2, 0.25) is 0 Å². The lowest BCUT2D eigenvalue weighted by Crippen LogP contribution is -2.39. The number of hydrogen-bond acceptors (Lipinski definition) is 2. The fourth-order valence-electron chi connectivity index (χ4n) is 5.66. The Balaban J connectivity index is 1.57.